The van der Waals surface area contributed by atoms with Crippen LogP contribution in [0.2, 0.25) is 0 Å². The Balaban J connectivity index is 1.46. The molecule has 1 aliphatic heterocycles. The molecule has 0 fully saturated rings. The van der Waals surface area contributed by atoms with Gasteiger partial charge in [0.25, 0.3) is 5.91 Å². The molecule has 2 aromatic heterocycles. The van der Waals surface area contributed by atoms with Crippen LogP contribution in [-0.4, -0.2) is 52.9 Å². The summed E-state index contributed by atoms with van der Waals surface area (Å²) in [5.41, 5.74) is 1.03. The first-order valence-electron chi connectivity index (χ1n) is 10.3. The molecule has 4 rings (SSSR count). The van der Waals surface area contributed by atoms with Crippen LogP contribution in [0.4, 0.5) is 0 Å². The summed E-state index contributed by atoms with van der Waals surface area (Å²) in [6, 6.07) is 8.86. The molecule has 0 aliphatic carbocycles. The molecule has 0 saturated heterocycles. The zero-order valence-corrected chi connectivity index (χ0v) is 18.0. The maximum Gasteiger partial charge on any atom is 0.287 e. The minimum absolute atomic E-state index is 0.270. The molecule has 0 spiro atoms. The van der Waals surface area contributed by atoms with Gasteiger partial charge in [-0.25, -0.2) is 0 Å². The normalized spacial score (nSPS) is 15.1. The van der Waals surface area contributed by atoms with E-state index in [0.717, 1.165) is 54.8 Å². The van der Waals surface area contributed by atoms with Gasteiger partial charge in [0.1, 0.15) is 17.3 Å². The maximum atomic E-state index is 12.3. The molecule has 3 aromatic rings. The van der Waals surface area contributed by atoms with Crippen LogP contribution in [-0.2, 0) is 19.5 Å². The summed E-state index contributed by atoms with van der Waals surface area (Å²) < 4.78 is 18.4. The Kier molecular flexibility index (Phi) is 6.22. The van der Waals surface area contributed by atoms with E-state index >= 15 is 0 Å². The number of hydrogen-bond acceptors (Lipinski definition) is 7. The fraction of sp³-hybridized carbons (Fsp3) is 0.409. The van der Waals surface area contributed by atoms with Crippen molar-refractivity contribution in [3.8, 4) is 11.5 Å². The van der Waals surface area contributed by atoms with Crippen LogP contribution in [0, 0.1) is 0 Å². The average molecular weight is 425 g/mol. The first-order chi connectivity index (χ1) is 15.1. The van der Waals surface area contributed by atoms with Crippen LogP contribution in [0.3, 0.4) is 0 Å². The number of carbonyl (C=O) groups excluding carboxylic acids is 1. The van der Waals surface area contributed by atoms with Gasteiger partial charge in [-0.15, -0.1) is 10.2 Å². The van der Waals surface area contributed by atoms with Crippen molar-refractivity contribution in [3.05, 3.63) is 59.6 Å². The van der Waals surface area contributed by atoms with E-state index in [4.69, 9.17) is 13.9 Å². The number of amides is 1. The van der Waals surface area contributed by atoms with Gasteiger partial charge in [0.15, 0.2) is 11.6 Å². The van der Waals surface area contributed by atoms with Gasteiger partial charge in [0.05, 0.1) is 32.1 Å². The number of ether oxygens (including phenoxy) is 2. The molecule has 0 radical (unpaired) electrons. The number of carbonyl (C=O) groups is 1. The third kappa shape index (κ3) is 4.41. The topological polar surface area (TPSA) is 94.7 Å². The van der Waals surface area contributed by atoms with Gasteiger partial charge >= 0.3 is 0 Å². The number of aromatic nitrogens is 3. The van der Waals surface area contributed by atoms with E-state index in [1.54, 1.807) is 26.4 Å². The minimum Gasteiger partial charge on any atom is -0.496 e. The lowest BCUT2D eigenvalue weighted by atomic mass is 10.1. The summed E-state index contributed by atoms with van der Waals surface area (Å²) in [6.07, 6.45) is 2.25. The largest absolute Gasteiger partial charge is 0.496 e. The molecule has 0 saturated carbocycles. The second kappa shape index (κ2) is 9.22. The summed E-state index contributed by atoms with van der Waals surface area (Å²) in [5, 5.41) is 11.7. The predicted octanol–water partition coefficient (Wildman–Crippen LogP) is 2.44. The van der Waals surface area contributed by atoms with Crippen LogP contribution in [0.1, 0.15) is 40.7 Å². The zero-order valence-electron chi connectivity index (χ0n) is 18.0. The molecule has 1 amide bonds. The number of fused-ring (bicyclic) bond motifs is 1. The number of hydrogen-bond donors (Lipinski definition) is 1. The van der Waals surface area contributed by atoms with E-state index in [9.17, 15) is 4.79 Å². The van der Waals surface area contributed by atoms with E-state index in [2.05, 4.69) is 25.0 Å². The van der Waals surface area contributed by atoms with Crippen molar-refractivity contribution in [1.29, 1.82) is 0 Å². The van der Waals surface area contributed by atoms with E-state index in [1.165, 1.54) is 6.26 Å². The Morgan fingerprint density at radius 3 is 2.58 bits per heavy atom. The Hall–Kier alpha value is -3.33. The van der Waals surface area contributed by atoms with Crippen LogP contribution < -0.4 is 14.8 Å². The second-order valence-corrected chi connectivity index (χ2v) is 7.47. The first kappa shape index (κ1) is 20.9. The van der Waals surface area contributed by atoms with Gasteiger partial charge < -0.3 is 23.8 Å². The van der Waals surface area contributed by atoms with Gasteiger partial charge in [-0.3, -0.25) is 9.69 Å². The van der Waals surface area contributed by atoms with Gasteiger partial charge in [-0.1, -0.05) is 6.07 Å². The second-order valence-electron chi connectivity index (χ2n) is 7.47. The minimum atomic E-state index is -0.292. The molecule has 31 heavy (non-hydrogen) atoms. The third-order valence-electron chi connectivity index (χ3n) is 5.54. The van der Waals surface area contributed by atoms with Crippen LogP contribution in [0.5, 0.6) is 11.5 Å². The highest BCUT2D eigenvalue weighted by Gasteiger charge is 2.24. The molecule has 1 aliphatic rings. The van der Waals surface area contributed by atoms with Crippen molar-refractivity contribution >= 4 is 5.91 Å². The van der Waals surface area contributed by atoms with Crippen molar-refractivity contribution in [3.63, 3.8) is 0 Å². The third-order valence-corrected chi connectivity index (χ3v) is 5.54. The maximum absolute atomic E-state index is 12.3. The Morgan fingerprint density at radius 2 is 1.90 bits per heavy atom. The number of methoxy groups -OCH3 is 2. The number of furan rings is 1. The van der Waals surface area contributed by atoms with E-state index in [0.29, 0.717) is 6.54 Å². The van der Waals surface area contributed by atoms with Crippen molar-refractivity contribution in [2.45, 2.75) is 32.5 Å². The molecule has 0 bridgehead atoms. The lowest BCUT2D eigenvalue weighted by Gasteiger charge is -2.22. The summed E-state index contributed by atoms with van der Waals surface area (Å²) in [4.78, 5) is 14.7. The Labute approximate surface area is 181 Å². The molecule has 9 heteroatoms. The van der Waals surface area contributed by atoms with Crippen molar-refractivity contribution in [2.75, 3.05) is 27.3 Å². The van der Waals surface area contributed by atoms with Gasteiger partial charge in [0, 0.05) is 32.6 Å². The smallest absolute Gasteiger partial charge is 0.287 e. The molecule has 1 aromatic carbocycles. The number of benzene rings is 1. The average Bonchev–Trinajstić information content (AvgIpc) is 3.42. The summed E-state index contributed by atoms with van der Waals surface area (Å²) in [7, 11) is 3.35. The lowest BCUT2D eigenvalue weighted by Crippen LogP contribution is -2.30. The quantitative estimate of drug-likeness (QED) is 0.621. The molecule has 0 unspecified atom stereocenters. The number of rotatable bonds is 7. The highest BCUT2D eigenvalue weighted by molar-refractivity contribution is 5.91. The molecule has 164 valence electrons. The summed E-state index contributed by atoms with van der Waals surface area (Å²) >= 11 is 0. The number of nitrogens with one attached hydrogen (secondary N) is 1. The molecular weight excluding hydrogens is 398 g/mol. The fourth-order valence-electron chi connectivity index (χ4n) is 3.92. The Bertz CT molecular complexity index is 1010. The van der Waals surface area contributed by atoms with E-state index in [-0.39, 0.29) is 17.7 Å². The summed E-state index contributed by atoms with van der Waals surface area (Å²) in [5.74, 6) is 3.30. The predicted molar refractivity (Wildman–Crippen MR) is 113 cm³/mol. The highest BCUT2D eigenvalue weighted by atomic mass is 16.5. The molecular formula is C22H27N5O4. The standard InChI is InChI=1S/C22H27N5O4/c1-15(23-22(28)19-8-5-13-31-19)21-25-24-20-9-10-26(11-12-27(20)21)14-16-17(29-2)6-4-7-18(16)30-3/h4-8,13,15H,9-12,14H2,1-3H3,(H,23,28)/t15-/m0/s1. The van der Waals surface area contributed by atoms with Gasteiger partial charge in [-0.2, -0.15) is 0 Å². The highest BCUT2D eigenvalue weighted by Crippen LogP contribution is 2.30. The van der Waals surface area contributed by atoms with E-state index < -0.39 is 0 Å². The van der Waals surface area contributed by atoms with Crippen molar-refractivity contribution < 1.29 is 18.7 Å². The first-order valence-corrected chi connectivity index (χ1v) is 10.3. The van der Waals surface area contributed by atoms with Gasteiger partial charge in [-0.05, 0) is 31.2 Å². The lowest BCUT2D eigenvalue weighted by molar-refractivity contribution is 0.0909. The van der Waals surface area contributed by atoms with Crippen LogP contribution >= 0.6 is 0 Å². The molecule has 1 atom stereocenters. The molecule has 3 heterocycles. The fourth-order valence-corrected chi connectivity index (χ4v) is 3.92. The monoisotopic (exact) mass is 425 g/mol. The van der Waals surface area contributed by atoms with Crippen molar-refractivity contribution in [2.24, 2.45) is 0 Å². The molecule has 1 N–H and O–H groups in total. The van der Waals surface area contributed by atoms with Crippen LogP contribution in [0.25, 0.3) is 0 Å². The number of nitrogens with zero attached hydrogens (tertiary/aromatic N) is 4. The zero-order chi connectivity index (χ0) is 21.8. The Morgan fingerprint density at radius 1 is 1.13 bits per heavy atom. The van der Waals surface area contributed by atoms with Gasteiger partial charge in [0.2, 0.25) is 0 Å². The van der Waals surface area contributed by atoms with Crippen molar-refractivity contribution in [1.82, 2.24) is 25.0 Å². The summed E-state index contributed by atoms with van der Waals surface area (Å²) in [6.45, 7) is 5.01. The van der Waals surface area contributed by atoms with Crippen LogP contribution in [0.15, 0.2) is 41.0 Å². The molecule has 9 nitrogen and oxygen atoms in total. The SMILES string of the molecule is COc1cccc(OC)c1CN1CCc2nnc([C@H](C)NC(=O)c3ccco3)n2CC1. The van der Waals surface area contributed by atoms with E-state index in [1.807, 2.05) is 25.1 Å².